The molecule has 10 heavy (non-hydrogen) atoms. The summed E-state index contributed by atoms with van der Waals surface area (Å²) in [5.41, 5.74) is 0. The summed E-state index contributed by atoms with van der Waals surface area (Å²) in [5.74, 6) is 1.91. The Hall–Kier alpha value is 0.0649. The largest absolute Gasteiger partial charge is 0.109 e. The van der Waals surface area contributed by atoms with Gasteiger partial charge in [0.05, 0.1) is 0 Å². The van der Waals surface area contributed by atoms with Crippen molar-refractivity contribution in [1.82, 2.24) is 0 Å². The van der Waals surface area contributed by atoms with Crippen molar-refractivity contribution >= 4 is 7.85 Å². The zero-order valence-corrected chi connectivity index (χ0v) is 7.78. The van der Waals surface area contributed by atoms with Crippen LogP contribution in [0, 0.1) is 11.8 Å². The van der Waals surface area contributed by atoms with E-state index in [-0.39, 0.29) is 0 Å². The highest BCUT2D eigenvalue weighted by atomic mass is 14.3. The van der Waals surface area contributed by atoms with Crippen LogP contribution >= 0.6 is 0 Å². The van der Waals surface area contributed by atoms with Gasteiger partial charge in [0.15, 0.2) is 0 Å². The summed E-state index contributed by atoms with van der Waals surface area (Å²) in [4.78, 5) is 0. The van der Waals surface area contributed by atoms with Gasteiger partial charge in [-0.2, -0.15) is 0 Å². The highest BCUT2D eigenvalue weighted by molar-refractivity contribution is 6.14. The second-order valence-electron chi connectivity index (χ2n) is 4.86. The average Bonchev–Trinajstić information content (AvgIpc) is 1.79. The molecule has 0 heterocycles. The summed E-state index contributed by atoms with van der Waals surface area (Å²) in [6, 6.07) is 0. The zero-order valence-electron chi connectivity index (χ0n) is 7.78. The number of hydrogen-bond acceptors (Lipinski definition) is 0. The van der Waals surface area contributed by atoms with E-state index in [1.165, 1.54) is 19.3 Å². The van der Waals surface area contributed by atoms with E-state index in [0.717, 1.165) is 11.8 Å². The van der Waals surface area contributed by atoms with Gasteiger partial charge in [0.1, 0.15) is 7.85 Å². The minimum absolute atomic E-state index is 0.631. The summed E-state index contributed by atoms with van der Waals surface area (Å²) in [6.45, 7) is 7.18. The van der Waals surface area contributed by atoms with Gasteiger partial charge >= 0.3 is 0 Å². The van der Waals surface area contributed by atoms with Crippen LogP contribution in [-0.4, -0.2) is 7.85 Å². The molecule has 0 spiro atoms. The molecular weight excluding hydrogens is 119 g/mol. The Kier molecular flexibility index (Phi) is 2.12. The fraction of sp³-hybridized carbons (Fsp3) is 1.00. The minimum Gasteiger partial charge on any atom is -0.0669 e. The quantitative estimate of drug-likeness (QED) is 0.450. The number of hydrogen-bond donors (Lipinski definition) is 0. The van der Waals surface area contributed by atoms with Gasteiger partial charge in [-0.15, -0.1) is 0 Å². The predicted octanol–water partition coefficient (Wildman–Crippen LogP) is 2.25. The molecule has 0 radical (unpaired) electrons. The van der Waals surface area contributed by atoms with Crippen molar-refractivity contribution in [2.24, 2.45) is 11.8 Å². The second-order valence-corrected chi connectivity index (χ2v) is 4.86. The monoisotopic (exact) mass is 138 g/mol. The lowest BCUT2D eigenvalue weighted by Gasteiger charge is -2.37. The first-order valence-electron chi connectivity index (χ1n) is 4.51. The molecule has 1 saturated carbocycles. The van der Waals surface area contributed by atoms with Gasteiger partial charge in [0.2, 0.25) is 0 Å². The molecule has 3 unspecified atom stereocenters. The summed E-state index contributed by atoms with van der Waals surface area (Å²) < 4.78 is 0. The smallest absolute Gasteiger partial charge is 0.0669 e. The molecule has 0 N–H and O–H groups in total. The van der Waals surface area contributed by atoms with Crippen molar-refractivity contribution in [3.8, 4) is 0 Å². The van der Waals surface area contributed by atoms with Gasteiger partial charge in [-0.3, -0.25) is 0 Å². The maximum Gasteiger partial charge on any atom is 0.109 e. The fourth-order valence-electron chi connectivity index (χ4n) is 2.08. The first-order valence-corrected chi connectivity index (χ1v) is 4.51. The van der Waals surface area contributed by atoms with Crippen molar-refractivity contribution < 1.29 is 0 Å². The van der Waals surface area contributed by atoms with E-state index in [9.17, 15) is 0 Å². The molecular formula is C9H19B. The Morgan fingerprint density at radius 2 is 1.90 bits per heavy atom. The predicted molar refractivity (Wildman–Crippen MR) is 49.1 cm³/mol. The van der Waals surface area contributed by atoms with Crippen molar-refractivity contribution in [1.29, 1.82) is 0 Å². The molecule has 0 amide bonds. The molecule has 1 fully saturated rings. The molecule has 1 heteroatoms. The zero-order chi connectivity index (χ0) is 7.78. The third-order valence-corrected chi connectivity index (χ3v) is 3.12. The Labute approximate surface area is 65.8 Å². The van der Waals surface area contributed by atoms with Gasteiger partial charge in [0.25, 0.3) is 0 Å². The second kappa shape index (κ2) is 2.60. The Morgan fingerprint density at radius 3 is 2.30 bits per heavy atom. The van der Waals surface area contributed by atoms with Crippen LogP contribution in [0.25, 0.3) is 0 Å². The Balaban J connectivity index is 2.49. The lowest BCUT2D eigenvalue weighted by atomic mass is 9.57. The van der Waals surface area contributed by atoms with Crippen molar-refractivity contribution in [2.75, 3.05) is 0 Å². The third-order valence-electron chi connectivity index (χ3n) is 3.12. The standard InChI is InChI=1S/C9H19B/c1-7-4-5-9(3,10)6-8(7)2/h7-8H,4-6,10H2,1-3H3. The normalized spacial score (nSPS) is 49.1. The fourth-order valence-corrected chi connectivity index (χ4v) is 2.08. The van der Waals surface area contributed by atoms with E-state index in [1.54, 1.807) is 0 Å². The highest BCUT2D eigenvalue weighted by Crippen LogP contribution is 2.44. The van der Waals surface area contributed by atoms with Gasteiger partial charge in [-0.25, -0.2) is 0 Å². The lowest BCUT2D eigenvalue weighted by Crippen LogP contribution is -2.24. The van der Waals surface area contributed by atoms with E-state index in [4.69, 9.17) is 0 Å². The van der Waals surface area contributed by atoms with Gasteiger partial charge in [0, 0.05) is 0 Å². The molecule has 0 aromatic heterocycles. The molecule has 0 aromatic rings. The van der Waals surface area contributed by atoms with Crippen LogP contribution in [0.1, 0.15) is 40.0 Å². The molecule has 0 bridgehead atoms. The average molecular weight is 138 g/mol. The molecule has 58 valence electrons. The van der Waals surface area contributed by atoms with Crippen LogP contribution < -0.4 is 0 Å². The molecule has 0 aliphatic heterocycles. The van der Waals surface area contributed by atoms with E-state index in [1.807, 2.05) is 0 Å². The van der Waals surface area contributed by atoms with Gasteiger partial charge in [-0.05, 0) is 11.8 Å². The molecule has 0 aromatic carbocycles. The topological polar surface area (TPSA) is 0 Å². The van der Waals surface area contributed by atoms with Crippen LogP contribution in [0.15, 0.2) is 0 Å². The minimum atomic E-state index is 0.631. The SMILES string of the molecule is BC1(C)CCC(C)C(C)C1. The highest BCUT2D eigenvalue weighted by Gasteiger charge is 2.29. The van der Waals surface area contributed by atoms with Crippen LogP contribution in [-0.2, 0) is 0 Å². The van der Waals surface area contributed by atoms with Crippen molar-refractivity contribution in [3.63, 3.8) is 0 Å². The third kappa shape index (κ3) is 1.77. The van der Waals surface area contributed by atoms with Crippen molar-refractivity contribution in [3.05, 3.63) is 0 Å². The maximum absolute atomic E-state index is 2.40. The molecule has 1 rings (SSSR count). The first-order chi connectivity index (χ1) is 4.51. The molecule has 0 nitrogen and oxygen atoms in total. The summed E-state index contributed by atoms with van der Waals surface area (Å²) in [6.07, 6.45) is 4.29. The van der Waals surface area contributed by atoms with Crippen LogP contribution in [0.2, 0.25) is 5.31 Å². The van der Waals surface area contributed by atoms with E-state index in [0.29, 0.717) is 5.31 Å². The summed E-state index contributed by atoms with van der Waals surface area (Å²) in [7, 11) is 2.40. The molecule has 0 saturated heterocycles. The molecule has 1 aliphatic carbocycles. The van der Waals surface area contributed by atoms with Crippen LogP contribution in [0.3, 0.4) is 0 Å². The lowest BCUT2D eigenvalue weighted by molar-refractivity contribution is 0.231. The van der Waals surface area contributed by atoms with Gasteiger partial charge in [-0.1, -0.05) is 45.3 Å². The van der Waals surface area contributed by atoms with Gasteiger partial charge < -0.3 is 0 Å². The van der Waals surface area contributed by atoms with E-state index < -0.39 is 0 Å². The molecule has 3 atom stereocenters. The summed E-state index contributed by atoms with van der Waals surface area (Å²) in [5, 5.41) is 0.631. The number of rotatable bonds is 0. The van der Waals surface area contributed by atoms with E-state index >= 15 is 0 Å². The Bertz CT molecular complexity index is 118. The first kappa shape index (κ1) is 8.16. The summed E-state index contributed by atoms with van der Waals surface area (Å²) >= 11 is 0. The Morgan fingerprint density at radius 1 is 1.30 bits per heavy atom. The van der Waals surface area contributed by atoms with E-state index in [2.05, 4.69) is 28.6 Å². The van der Waals surface area contributed by atoms with Crippen molar-refractivity contribution in [2.45, 2.75) is 45.3 Å². The van der Waals surface area contributed by atoms with Crippen LogP contribution in [0.5, 0.6) is 0 Å². The maximum atomic E-state index is 2.40. The molecule has 1 aliphatic rings. The van der Waals surface area contributed by atoms with Crippen LogP contribution in [0.4, 0.5) is 0 Å².